The van der Waals surface area contributed by atoms with Gasteiger partial charge in [0.2, 0.25) is 5.91 Å². The fourth-order valence-corrected chi connectivity index (χ4v) is 2.30. The van der Waals surface area contributed by atoms with Gasteiger partial charge >= 0.3 is 0 Å². The van der Waals surface area contributed by atoms with E-state index < -0.39 is 0 Å². The van der Waals surface area contributed by atoms with E-state index in [1.807, 2.05) is 43.3 Å². The van der Waals surface area contributed by atoms with Crippen LogP contribution in [0.25, 0.3) is 10.8 Å². The summed E-state index contributed by atoms with van der Waals surface area (Å²) in [4.78, 5) is 24.4. The van der Waals surface area contributed by atoms with E-state index in [0.29, 0.717) is 11.1 Å². The predicted octanol–water partition coefficient (Wildman–Crippen LogP) is 2.34. The van der Waals surface area contributed by atoms with E-state index in [2.05, 4.69) is 10.4 Å². The molecule has 0 saturated heterocycles. The van der Waals surface area contributed by atoms with Gasteiger partial charge in [-0.2, -0.15) is 5.10 Å². The lowest BCUT2D eigenvalue weighted by molar-refractivity contribution is -0.117. The van der Waals surface area contributed by atoms with Crippen molar-refractivity contribution in [1.82, 2.24) is 9.78 Å². The number of carbonyl (C=O) groups is 1. The van der Waals surface area contributed by atoms with Crippen LogP contribution in [0.4, 0.5) is 5.69 Å². The molecular weight excluding hydrogens is 278 g/mol. The lowest BCUT2D eigenvalue weighted by atomic mass is 10.2. The molecule has 5 nitrogen and oxygen atoms in total. The standard InChI is InChI=1S/C17H15N3O2/c1-12-5-4-7-14(9-12)19-16(21)11-20-17(22)15-8-3-2-6-13(15)10-18-20/h2-10H,11H2,1H3,(H,19,21). The Hall–Kier alpha value is -2.95. The van der Waals surface area contributed by atoms with E-state index >= 15 is 0 Å². The van der Waals surface area contributed by atoms with E-state index in [9.17, 15) is 9.59 Å². The number of anilines is 1. The Kier molecular flexibility index (Phi) is 3.70. The molecular formula is C17H15N3O2. The summed E-state index contributed by atoms with van der Waals surface area (Å²) < 4.78 is 1.17. The molecule has 110 valence electrons. The molecule has 0 aliphatic carbocycles. The number of hydrogen-bond donors (Lipinski definition) is 1. The van der Waals surface area contributed by atoms with Gasteiger partial charge in [0.1, 0.15) is 6.54 Å². The molecule has 0 aliphatic heterocycles. The average molecular weight is 293 g/mol. The largest absolute Gasteiger partial charge is 0.324 e. The molecule has 0 saturated carbocycles. The Balaban J connectivity index is 1.82. The lowest BCUT2D eigenvalue weighted by Crippen LogP contribution is -2.29. The molecule has 0 spiro atoms. The van der Waals surface area contributed by atoms with E-state index in [-0.39, 0.29) is 18.0 Å². The number of fused-ring (bicyclic) bond motifs is 1. The first-order valence-corrected chi connectivity index (χ1v) is 6.95. The summed E-state index contributed by atoms with van der Waals surface area (Å²) in [6.45, 7) is 1.84. The number of carbonyl (C=O) groups excluding carboxylic acids is 1. The van der Waals surface area contributed by atoms with Crippen LogP contribution in [0, 0.1) is 6.92 Å². The first-order valence-electron chi connectivity index (χ1n) is 6.95. The molecule has 0 aliphatic rings. The van der Waals surface area contributed by atoms with Crippen molar-refractivity contribution in [3.63, 3.8) is 0 Å². The molecule has 22 heavy (non-hydrogen) atoms. The first-order chi connectivity index (χ1) is 10.6. The van der Waals surface area contributed by atoms with Gasteiger partial charge in [0, 0.05) is 11.1 Å². The number of amides is 1. The Bertz CT molecular complexity index is 900. The van der Waals surface area contributed by atoms with Crippen molar-refractivity contribution in [2.75, 3.05) is 5.32 Å². The second-order valence-corrected chi connectivity index (χ2v) is 5.11. The van der Waals surface area contributed by atoms with Gasteiger partial charge in [-0.05, 0) is 30.7 Å². The van der Waals surface area contributed by atoms with Gasteiger partial charge in [0.25, 0.3) is 5.56 Å². The van der Waals surface area contributed by atoms with Crippen LogP contribution in [0.5, 0.6) is 0 Å². The second kappa shape index (κ2) is 5.81. The zero-order chi connectivity index (χ0) is 15.5. The Morgan fingerprint density at radius 2 is 2.00 bits per heavy atom. The third-order valence-electron chi connectivity index (χ3n) is 3.36. The van der Waals surface area contributed by atoms with E-state index in [1.165, 1.54) is 4.68 Å². The van der Waals surface area contributed by atoms with Crippen LogP contribution >= 0.6 is 0 Å². The third kappa shape index (κ3) is 2.88. The smallest absolute Gasteiger partial charge is 0.275 e. The molecule has 3 aromatic rings. The van der Waals surface area contributed by atoms with Crippen molar-refractivity contribution in [3.8, 4) is 0 Å². The molecule has 1 heterocycles. The van der Waals surface area contributed by atoms with Crippen molar-refractivity contribution in [1.29, 1.82) is 0 Å². The summed E-state index contributed by atoms with van der Waals surface area (Å²) in [5.74, 6) is -0.282. The summed E-state index contributed by atoms with van der Waals surface area (Å²) in [5, 5.41) is 8.14. The minimum absolute atomic E-state index is 0.113. The maximum atomic E-state index is 12.3. The highest BCUT2D eigenvalue weighted by Gasteiger charge is 2.08. The summed E-state index contributed by atoms with van der Waals surface area (Å²) in [6.07, 6.45) is 1.59. The van der Waals surface area contributed by atoms with Crippen LogP contribution in [0.15, 0.2) is 59.5 Å². The SMILES string of the molecule is Cc1cccc(NC(=O)Cn2ncc3ccccc3c2=O)c1. The van der Waals surface area contributed by atoms with Crippen LogP contribution in [-0.2, 0) is 11.3 Å². The van der Waals surface area contributed by atoms with Crippen molar-refractivity contribution in [2.24, 2.45) is 0 Å². The topological polar surface area (TPSA) is 64.0 Å². The molecule has 0 radical (unpaired) electrons. The minimum atomic E-state index is -0.282. The number of rotatable bonds is 3. The number of aryl methyl sites for hydroxylation is 1. The fraction of sp³-hybridized carbons (Fsp3) is 0.118. The highest BCUT2D eigenvalue weighted by Crippen LogP contribution is 2.10. The quantitative estimate of drug-likeness (QED) is 0.806. The van der Waals surface area contributed by atoms with Crippen molar-refractivity contribution < 1.29 is 4.79 Å². The summed E-state index contributed by atoms with van der Waals surface area (Å²) in [5.41, 5.74) is 1.50. The molecule has 5 heteroatoms. The number of aromatic nitrogens is 2. The maximum absolute atomic E-state index is 12.3. The van der Waals surface area contributed by atoms with Crippen molar-refractivity contribution in [3.05, 3.63) is 70.6 Å². The van der Waals surface area contributed by atoms with Crippen LogP contribution in [0.3, 0.4) is 0 Å². The molecule has 1 amide bonds. The number of nitrogens with one attached hydrogen (secondary N) is 1. The maximum Gasteiger partial charge on any atom is 0.275 e. The van der Waals surface area contributed by atoms with Gasteiger partial charge in [0.05, 0.1) is 11.6 Å². The highest BCUT2D eigenvalue weighted by atomic mass is 16.2. The number of nitrogens with zero attached hydrogens (tertiary/aromatic N) is 2. The number of hydrogen-bond acceptors (Lipinski definition) is 3. The van der Waals surface area contributed by atoms with E-state index in [1.54, 1.807) is 18.3 Å². The molecule has 1 aromatic heterocycles. The molecule has 1 N–H and O–H groups in total. The average Bonchev–Trinajstić information content (AvgIpc) is 2.50. The van der Waals surface area contributed by atoms with Gasteiger partial charge in [0.15, 0.2) is 0 Å². The second-order valence-electron chi connectivity index (χ2n) is 5.11. The zero-order valence-corrected chi connectivity index (χ0v) is 12.1. The van der Waals surface area contributed by atoms with E-state index in [0.717, 1.165) is 10.9 Å². The number of benzene rings is 2. The van der Waals surface area contributed by atoms with Crippen LogP contribution in [0.1, 0.15) is 5.56 Å². The lowest BCUT2D eigenvalue weighted by Gasteiger charge is -2.08. The Morgan fingerprint density at radius 3 is 2.82 bits per heavy atom. The van der Waals surface area contributed by atoms with Crippen LogP contribution in [-0.4, -0.2) is 15.7 Å². The molecule has 3 rings (SSSR count). The first kappa shape index (κ1) is 14.0. The van der Waals surface area contributed by atoms with Gasteiger partial charge in [-0.1, -0.05) is 30.3 Å². The Labute approximate surface area is 127 Å². The normalized spacial score (nSPS) is 10.6. The van der Waals surface area contributed by atoms with Crippen LogP contribution in [0.2, 0.25) is 0 Å². The van der Waals surface area contributed by atoms with Crippen molar-refractivity contribution in [2.45, 2.75) is 13.5 Å². The summed E-state index contributed by atoms with van der Waals surface area (Å²) in [7, 11) is 0. The van der Waals surface area contributed by atoms with Crippen molar-refractivity contribution >= 4 is 22.4 Å². The molecule has 0 fully saturated rings. The summed E-state index contributed by atoms with van der Waals surface area (Å²) in [6, 6.07) is 14.7. The summed E-state index contributed by atoms with van der Waals surface area (Å²) >= 11 is 0. The molecule has 0 unspecified atom stereocenters. The minimum Gasteiger partial charge on any atom is -0.324 e. The highest BCUT2D eigenvalue weighted by molar-refractivity contribution is 5.90. The van der Waals surface area contributed by atoms with Crippen LogP contribution < -0.4 is 10.9 Å². The monoisotopic (exact) mass is 293 g/mol. The third-order valence-corrected chi connectivity index (χ3v) is 3.36. The molecule has 0 bridgehead atoms. The molecule has 0 atom stereocenters. The fourth-order valence-electron chi connectivity index (χ4n) is 2.30. The molecule has 2 aromatic carbocycles. The van der Waals surface area contributed by atoms with E-state index in [4.69, 9.17) is 0 Å². The van der Waals surface area contributed by atoms with Gasteiger partial charge < -0.3 is 5.32 Å². The van der Waals surface area contributed by atoms with Gasteiger partial charge in [-0.15, -0.1) is 0 Å². The Morgan fingerprint density at radius 1 is 1.18 bits per heavy atom. The predicted molar refractivity (Wildman–Crippen MR) is 85.8 cm³/mol. The van der Waals surface area contributed by atoms with Gasteiger partial charge in [-0.3, -0.25) is 9.59 Å². The van der Waals surface area contributed by atoms with Gasteiger partial charge in [-0.25, -0.2) is 4.68 Å². The zero-order valence-electron chi connectivity index (χ0n) is 12.1.